The van der Waals surface area contributed by atoms with Gasteiger partial charge in [0, 0.05) is 36.0 Å². The number of carbonyl (C=O) groups excluding carboxylic acids is 1. The number of hydrogen-bond donors (Lipinski definition) is 2. The minimum Gasteiger partial charge on any atom is -0.489 e. The van der Waals surface area contributed by atoms with E-state index in [0.29, 0.717) is 25.5 Å². The maximum atomic E-state index is 12.9. The zero-order valence-corrected chi connectivity index (χ0v) is 19.4. The van der Waals surface area contributed by atoms with Crippen LogP contribution in [-0.4, -0.2) is 17.4 Å². The van der Waals surface area contributed by atoms with Crippen LogP contribution < -0.4 is 10.1 Å². The Hall–Kier alpha value is -3.53. The molecule has 1 atom stereocenters. The molecule has 0 saturated heterocycles. The molecular weight excluding hydrogens is 408 g/mol. The van der Waals surface area contributed by atoms with E-state index in [0.717, 1.165) is 39.8 Å². The minimum absolute atomic E-state index is 0.0690. The van der Waals surface area contributed by atoms with Crippen molar-refractivity contribution in [2.75, 3.05) is 6.54 Å². The van der Waals surface area contributed by atoms with E-state index in [9.17, 15) is 4.79 Å². The maximum Gasteiger partial charge on any atom is 0.220 e. The van der Waals surface area contributed by atoms with Gasteiger partial charge in [-0.15, -0.1) is 0 Å². The number of nitrogens with one attached hydrogen (secondary N) is 2. The molecule has 1 heterocycles. The number of fused-ring (bicyclic) bond motifs is 1. The largest absolute Gasteiger partial charge is 0.489 e. The van der Waals surface area contributed by atoms with Gasteiger partial charge in [-0.25, -0.2) is 0 Å². The first kappa shape index (κ1) is 22.7. The van der Waals surface area contributed by atoms with Crippen LogP contribution in [0.15, 0.2) is 85.1 Å². The van der Waals surface area contributed by atoms with Crippen LogP contribution in [0.5, 0.6) is 5.75 Å². The Morgan fingerprint density at radius 3 is 2.58 bits per heavy atom. The van der Waals surface area contributed by atoms with Crippen molar-refractivity contribution in [3.05, 3.63) is 102 Å². The first-order valence-electron chi connectivity index (χ1n) is 11.7. The molecule has 4 aromatic rings. The van der Waals surface area contributed by atoms with Gasteiger partial charge in [-0.1, -0.05) is 74.5 Å². The third-order valence-electron chi connectivity index (χ3n) is 5.94. The number of carbonyl (C=O) groups is 1. The van der Waals surface area contributed by atoms with Gasteiger partial charge in [0.2, 0.25) is 5.91 Å². The molecule has 0 aliphatic heterocycles. The summed E-state index contributed by atoms with van der Waals surface area (Å²) in [5.74, 6) is 1.37. The van der Waals surface area contributed by atoms with Crippen molar-refractivity contribution in [1.29, 1.82) is 0 Å². The summed E-state index contributed by atoms with van der Waals surface area (Å²) < 4.78 is 6.08. The van der Waals surface area contributed by atoms with Gasteiger partial charge in [0.15, 0.2) is 0 Å². The number of rotatable bonds is 10. The van der Waals surface area contributed by atoms with Crippen LogP contribution in [0.25, 0.3) is 10.9 Å². The Labute approximate surface area is 196 Å². The highest BCUT2D eigenvalue weighted by Crippen LogP contribution is 2.35. The van der Waals surface area contributed by atoms with Crippen LogP contribution >= 0.6 is 0 Å². The van der Waals surface area contributed by atoms with Crippen molar-refractivity contribution < 1.29 is 9.53 Å². The first-order valence-corrected chi connectivity index (χ1v) is 11.7. The molecule has 33 heavy (non-hydrogen) atoms. The summed E-state index contributed by atoms with van der Waals surface area (Å²) in [6, 6.07) is 26.5. The summed E-state index contributed by atoms with van der Waals surface area (Å²) in [4.78, 5) is 16.3. The van der Waals surface area contributed by atoms with E-state index in [1.54, 1.807) is 0 Å². The fourth-order valence-corrected chi connectivity index (χ4v) is 4.11. The topological polar surface area (TPSA) is 54.1 Å². The van der Waals surface area contributed by atoms with Gasteiger partial charge in [-0.05, 0) is 47.2 Å². The van der Waals surface area contributed by atoms with Crippen LogP contribution in [0.4, 0.5) is 0 Å². The van der Waals surface area contributed by atoms with E-state index in [2.05, 4.69) is 60.5 Å². The Morgan fingerprint density at radius 1 is 0.970 bits per heavy atom. The number of benzene rings is 3. The fourth-order valence-electron chi connectivity index (χ4n) is 4.11. The molecule has 2 N–H and O–H groups in total. The van der Waals surface area contributed by atoms with Gasteiger partial charge in [0.05, 0.1) is 0 Å². The van der Waals surface area contributed by atoms with Crippen molar-refractivity contribution in [3.63, 3.8) is 0 Å². The molecule has 0 fully saturated rings. The molecule has 0 saturated carbocycles. The molecule has 4 heteroatoms. The van der Waals surface area contributed by atoms with Crippen LogP contribution in [0.3, 0.4) is 0 Å². The number of ether oxygens (including phenoxy) is 1. The highest BCUT2D eigenvalue weighted by Gasteiger charge is 2.22. The summed E-state index contributed by atoms with van der Waals surface area (Å²) >= 11 is 0. The Balaban J connectivity index is 1.58. The normalized spacial score (nSPS) is 12.1. The second-order valence-electron chi connectivity index (χ2n) is 8.93. The van der Waals surface area contributed by atoms with Gasteiger partial charge in [0.25, 0.3) is 0 Å². The Kier molecular flexibility index (Phi) is 7.46. The predicted octanol–water partition coefficient (Wildman–Crippen LogP) is 6.43. The minimum atomic E-state index is -0.0690. The molecule has 1 amide bonds. The standard InChI is InChI=1S/C29H32N2O2/c1-21(2)15-16-30-29(32)18-26(27-19-31-28-14-7-6-13-25(27)28)23-11-8-12-24(17-23)33-20-22-9-4-3-5-10-22/h3-14,17,19,21,26,31H,15-16,18,20H2,1-2H3,(H,30,32). The smallest absolute Gasteiger partial charge is 0.220 e. The monoisotopic (exact) mass is 440 g/mol. The van der Waals surface area contributed by atoms with Crippen LogP contribution in [0.2, 0.25) is 0 Å². The average Bonchev–Trinajstić information content (AvgIpc) is 3.26. The fraction of sp³-hybridized carbons (Fsp3) is 0.276. The number of aromatic nitrogens is 1. The number of H-pyrrole nitrogens is 1. The number of amides is 1. The second kappa shape index (κ2) is 10.9. The summed E-state index contributed by atoms with van der Waals surface area (Å²) in [6.07, 6.45) is 3.41. The summed E-state index contributed by atoms with van der Waals surface area (Å²) in [6.45, 7) is 5.55. The molecule has 4 nitrogen and oxygen atoms in total. The molecule has 0 spiro atoms. The maximum absolute atomic E-state index is 12.9. The summed E-state index contributed by atoms with van der Waals surface area (Å²) in [5, 5.41) is 4.25. The lowest BCUT2D eigenvalue weighted by molar-refractivity contribution is -0.121. The third kappa shape index (κ3) is 6.04. The second-order valence-corrected chi connectivity index (χ2v) is 8.93. The Morgan fingerprint density at radius 2 is 1.76 bits per heavy atom. The number of para-hydroxylation sites is 1. The lowest BCUT2D eigenvalue weighted by Crippen LogP contribution is -2.27. The molecule has 170 valence electrons. The molecule has 4 rings (SSSR count). The van der Waals surface area contributed by atoms with Crippen molar-refractivity contribution >= 4 is 16.8 Å². The SMILES string of the molecule is CC(C)CCNC(=O)CC(c1cccc(OCc2ccccc2)c1)c1c[nH]c2ccccc12. The molecule has 0 aliphatic rings. The predicted molar refractivity (Wildman–Crippen MR) is 134 cm³/mol. The van der Waals surface area contributed by atoms with Crippen molar-refractivity contribution in [2.24, 2.45) is 5.92 Å². The molecule has 1 aromatic heterocycles. The van der Waals surface area contributed by atoms with Crippen molar-refractivity contribution in [1.82, 2.24) is 10.3 Å². The van der Waals surface area contributed by atoms with E-state index >= 15 is 0 Å². The van der Waals surface area contributed by atoms with E-state index in [4.69, 9.17) is 4.74 Å². The van der Waals surface area contributed by atoms with Crippen LogP contribution in [0, 0.1) is 5.92 Å². The highest BCUT2D eigenvalue weighted by molar-refractivity contribution is 5.86. The lowest BCUT2D eigenvalue weighted by Gasteiger charge is -2.19. The van der Waals surface area contributed by atoms with Gasteiger partial charge < -0.3 is 15.0 Å². The van der Waals surface area contributed by atoms with E-state index < -0.39 is 0 Å². The van der Waals surface area contributed by atoms with E-state index in [-0.39, 0.29) is 11.8 Å². The van der Waals surface area contributed by atoms with Crippen LogP contribution in [0.1, 0.15) is 49.3 Å². The van der Waals surface area contributed by atoms with E-state index in [1.807, 2.05) is 48.7 Å². The van der Waals surface area contributed by atoms with E-state index in [1.165, 1.54) is 0 Å². The molecule has 0 radical (unpaired) electrons. The third-order valence-corrected chi connectivity index (χ3v) is 5.94. The van der Waals surface area contributed by atoms with Crippen molar-refractivity contribution in [2.45, 2.75) is 39.2 Å². The lowest BCUT2D eigenvalue weighted by atomic mass is 9.88. The number of hydrogen-bond acceptors (Lipinski definition) is 2. The highest BCUT2D eigenvalue weighted by atomic mass is 16.5. The zero-order valence-electron chi connectivity index (χ0n) is 19.4. The molecule has 3 aromatic carbocycles. The summed E-state index contributed by atoms with van der Waals surface area (Å²) in [5.41, 5.74) is 4.41. The first-order chi connectivity index (χ1) is 16.1. The van der Waals surface area contributed by atoms with Gasteiger partial charge in [-0.3, -0.25) is 4.79 Å². The zero-order chi connectivity index (χ0) is 23.0. The summed E-state index contributed by atoms with van der Waals surface area (Å²) in [7, 11) is 0. The quantitative estimate of drug-likeness (QED) is 0.298. The van der Waals surface area contributed by atoms with Crippen molar-refractivity contribution in [3.8, 4) is 5.75 Å². The number of aromatic amines is 1. The molecule has 0 bridgehead atoms. The molecule has 0 aliphatic carbocycles. The van der Waals surface area contributed by atoms with Gasteiger partial charge in [0.1, 0.15) is 12.4 Å². The molecule has 1 unspecified atom stereocenters. The van der Waals surface area contributed by atoms with Gasteiger partial charge in [-0.2, -0.15) is 0 Å². The van der Waals surface area contributed by atoms with Gasteiger partial charge >= 0.3 is 0 Å². The Bertz CT molecular complexity index is 1180. The molecular formula is C29H32N2O2. The average molecular weight is 441 g/mol. The van der Waals surface area contributed by atoms with Crippen LogP contribution in [-0.2, 0) is 11.4 Å².